The highest BCUT2D eigenvalue weighted by Crippen LogP contribution is 2.26. The van der Waals surface area contributed by atoms with E-state index in [0.717, 1.165) is 18.7 Å². The summed E-state index contributed by atoms with van der Waals surface area (Å²) in [4.78, 5) is 2.01. The lowest BCUT2D eigenvalue weighted by molar-refractivity contribution is 0.145. The van der Waals surface area contributed by atoms with Crippen LogP contribution >= 0.6 is 0 Å². The maximum atomic E-state index is 14.1. The Labute approximate surface area is 108 Å². The van der Waals surface area contributed by atoms with Gasteiger partial charge in [-0.05, 0) is 44.5 Å². The average Bonchev–Trinajstić information content (AvgIpc) is 2.39. The van der Waals surface area contributed by atoms with Gasteiger partial charge in [0, 0.05) is 19.1 Å². The predicted octanol–water partition coefficient (Wildman–Crippen LogP) is 2.07. The molecule has 0 aromatic heterocycles. The molecule has 0 radical (unpaired) electrons. The van der Waals surface area contributed by atoms with E-state index in [0.29, 0.717) is 18.5 Å². The van der Waals surface area contributed by atoms with Gasteiger partial charge < -0.3 is 15.3 Å². The number of hydrogen-bond donors (Lipinski definition) is 2. The number of aliphatic hydroxyl groups excluding tert-OH is 1. The van der Waals surface area contributed by atoms with E-state index in [2.05, 4.69) is 5.32 Å². The molecule has 1 heterocycles. The number of hydrogen-bond acceptors (Lipinski definition) is 3. The van der Waals surface area contributed by atoms with Gasteiger partial charge in [0.2, 0.25) is 0 Å². The molecule has 4 heteroatoms. The summed E-state index contributed by atoms with van der Waals surface area (Å²) in [5.41, 5.74) is 1.60. The molecule has 0 amide bonds. The summed E-state index contributed by atoms with van der Waals surface area (Å²) >= 11 is 0. The van der Waals surface area contributed by atoms with Gasteiger partial charge in [-0.15, -0.1) is 0 Å². The van der Waals surface area contributed by atoms with Crippen LogP contribution in [0.3, 0.4) is 0 Å². The Balaban J connectivity index is 2.14. The Morgan fingerprint density at radius 3 is 2.61 bits per heavy atom. The van der Waals surface area contributed by atoms with Crippen LogP contribution in [0.2, 0.25) is 0 Å². The first-order chi connectivity index (χ1) is 8.61. The average molecular weight is 252 g/mol. The molecule has 2 rings (SSSR count). The van der Waals surface area contributed by atoms with Crippen molar-refractivity contribution in [3.8, 4) is 0 Å². The van der Waals surface area contributed by atoms with Crippen molar-refractivity contribution in [1.29, 1.82) is 0 Å². The molecule has 1 saturated heterocycles. The number of nitrogens with zero attached hydrogens (tertiary/aromatic N) is 1. The fourth-order valence-corrected chi connectivity index (χ4v) is 2.32. The van der Waals surface area contributed by atoms with Crippen molar-refractivity contribution in [3.63, 3.8) is 0 Å². The van der Waals surface area contributed by atoms with E-state index in [1.54, 1.807) is 6.07 Å². The fraction of sp³-hybridized carbons (Fsp3) is 0.571. The monoisotopic (exact) mass is 252 g/mol. The van der Waals surface area contributed by atoms with Crippen LogP contribution in [0.5, 0.6) is 0 Å². The number of nitrogens with one attached hydrogen (secondary N) is 1. The lowest BCUT2D eigenvalue weighted by Gasteiger charge is -2.32. The highest BCUT2D eigenvalue weighted by Gasteiger charge is 2.20. The van der Waals surface area contributed by atoms with Gasteiger partial charge in [-0.25, -0.2) is 4.39 Å². The molecule has 1 aromatic carbocycles. The number of piperidine rings is 1. The molecule has 1 unspecified atom stereocenters. The smallest absolute Gasteiger partial charge is 0.146 e. The topological polar surface area (TPSA) is 35.5 Å². The summed E-state index contributed by atoms with van der Waals surface area (Å²) in [6, 6.07) is 5.55. The van der Waals surface area contributed by atoms with Crippen LogP contribution in [-0.2, 0) is 0 Å². The molecule has 18 heavy (non-hydrogen) atoms. The van der Waals surface area contributed by atoms with Crippen LogP contribution in [0.4, 0.5) is 10.1 Å². The maximum Gasteiger partial charge on any atom is 0.146 e. The minimum Gasteiger partial charge on any atom is -0.393 e. The van der Waals surface area contributed by atoms with Crippen LogP contribution in [0.25, 0.3) is 0 Å². The van der Waals surface area contributed by atoms with E-state index < -0.39 is 0 Å². The van der Waals surface area contributed by atoms with Gasteiger partial charge in [0.15, 0.2) is 0 Å². The first-order valence-electron chi connectivity index (χ1n) is 6.51. The van der Waals surface area contributed by atoms with Crippen molar-refractivity contribution in [2.45, 2.75) is 31.9 Å². The molecule has 1 aliphatic heterocycles. The molecule has 1 aromatic rings. The third kappa shape index (κ3) is 2.82. The zero-order valence-electron chi connectivity index (χ0n) is 11.0. The second-order valence-electron chi connectivity index (χ2n) is 4.94. The first-order valence-corrected chi connectivity index (χ1v) is 6.51. The van der Waals surface area contributed by atoms with Crippen molar-refractivity contribution in [1.82, 2.24) is 5.32 Å². The zero-order chi connectivity index (χ0) is 13.1. The molecule has 2 N–H and O–H groups in total. The summed E-state index contributed by atoms with van der Waals surface area (Å²) in [5.74, 6) is -0.175. The molecule has 1 atom stereocenters. The second kappa shape index (κ2) is 5.67. The van der Waals surface area contributed by atoms with Gasteiger partial charge >= 0.3 is 0 Å². The molecule has 100 valence electrons. The van der Waals surface area contributed by atoms with E-state index in [9.17, 15) is 9.50 Å². The summed E-state index contributed by atoms with van der Waals surface area (Å²) in [5, 5.41) is 12.6. The maximum absolute atomic E-state index is 14.1. The Hall–Kier alpha value is -1.13. The first kappa shape index (κ1) is 13.3. The number of aliphatic hydroxyl groups is 1. The Morgan fingerprint density at radius 1 is 1.39 bits per heavy atom. The van der Waals surface area contributed by atoms with Crippen molar-refractivity contribution in [2.75, 3.05) is 25.0 Å². The lowest BCUT2D eigenvalue weighted by atomic mass is 10.0. The molecule has 0 saturated carbocycles. The Bertz CT molecular complexity index is 403. The molecule has 0 aliphatic carbocycles. The molecular formula is C14H21FN2O. The van der Waals surface area contributed by atoms with Crippen LogP contribution in [-0.4, -0.2) is 31.3 Å². The molecule has 3 nitrogen and oxygen atoms in total. The summed E-state index contributed by atoms with van der Waals surface area (Å²) in [7, 11) is 1.86. The van der Waals surface area contributed by atoms with E-state index in [-0.39, 0.29) is 18.0 Å². The molecule has 0 spiro atoms. The van der Waals surface area contributed by atoms with Crippen LogP contribution in [0.15, 0.2) is 18.2 Å². The lowest BCUT2D eigenvalue weighted by Crippen LogP contribution is -2.36. The Kier molecular flexibility index (Phi) is 4.19. The second-order valence-corrected chi connectivity index (χ2v) is 4.94. The summed E-state index contributed by atoms with van der Waals surface area (Å²) < 4.78 is 14.1. The number of anilines is 1. The van der Waals surface area contributed by atoms with Crippen molar-refractivity contribution in [3.05, 3.63) is 29.6 Å². The van der Waals surface area contributed by atoms with Crippen LogP contribution < -0.4 is 10.2 Å². The fourth-order valence-electron chi connectivity index (χ4n) is 2.32. The van der Waals surface area contributed by atoms with Gasteiger partial charge in [0.05, 0.1) is 11.8 Å². The van der Waals surface area contributed by atoms with Crippen molar-refractivity contribution in [2.24, 2.45) is 0 Å². The summed E-state index contributed by atoms with van der Waals surface area (Å²) in [6.45, 7) is 3.45. The highest BCUT2D eigenvalue weighted by atomic mass is 19.1. The summed E-state index contributed by atoms with van der Waals surface area (Å²) in [6.07, 6.45) is 1.20. The normalized spacial score (nSPS) is 19.0. The largest absolute Gasteiger partial charge is 0.393 e. The zero-order valence-corrected chi connectivity index (χ0v) is 11.0. The van der Waals surface area contributed by atoms with Crippen molar-refractivity contribution < 1.29 is 9.50 Å². The van der Waals surface area contributed by atoms with Gasteiger partial charge in [-0.1, -0.05) is 6.07 Å². The van der Waals surface area contributed by atoms with Crippen LogP contribution in [0, 0.1) is 5.82 Å². The highest BCUT2D eigenvalue weighted by molar-refractivity contribution is 5.50. The number of rotatable bonds is 3. The molecular weight excluding hydrogens is 231 g/mol. The van der Waals surface area contributed by atoms with Gasteiger partial charge in [-0.3, -0.25) is 0 Å². The number of benzene rings is 1. The van der Waals surface area contributed by atoms with Crippen molar-refractivity contribution >= 4 is 5.69 Å². The van der Waals surface area contributed by atoms with Gasteiger partial charge in [-0.2, -0.15) is 0 Å². The SMILES string of the molecule is CNC(C)c1ccc(N2CCC(O)CC2)c(F)c1. The number of halogens is 1. The predicted molar refractivity (Wildman–Crippen MR) is 71.3 cm³/mol. The van der Waals surface area contributed by atoms with E-state index in [4.69, 9.17) is 0 Å². The third-order valence-electron chi connectivity index (χ3n) is 3.71. The Morgan fingerprint density at radius 2 is 2.06 bits per heavy atom. The minimum atomic E-state index is -0.229. The molecule has 0 bridgehead atoms. The van der Waals surface area contributed by atoms with Gasteiger partial charge in [0.1, 0.15) is 5.82 Å². The quantitative estimate of drug-likeness (QED) is 0.864. The third-order valence-corrected chi connectivity index (χ3v) is 3.71. The molecule has 1 fully saturated rings. The standard InChI is InChI=1S/C14H21FN2O/c1-10(16-2)11-3-4-14(13(15)9-11)17-7-5-12(18)6-8-17/h3-4,9-10,12,16,18H,5-8H2,1-2H3. The van der Waals surface area contributed by atoms with E-state index in [1.807, 2.05) is 31.0 Å². The minimum absolute atomic E-state index is 0.150. The van der Waals surface area contributed by atoms with E-state index in [1.165, 1.54) is 0 Å². The van der Waals surface area contributed by atoms with E-state index >= 15 is 0 Å². The van der Waals surface area contributed by atoms with Gasteiger partial charge in [0.25, 0.3) is 0 Å². The van der Waals surface area contributed by atoms with Crippen LogP contribution in [0.1, 0.15) is 31.4 Å². The molecule has 1 aliphatic rings.